The average Bonchev–Trinajstić information content (AvgIpc) is 1.84. The molecule has 0 aliphatic rings. The third-order valence-corrected chi connectivity index (χ3v) is 1.13. The largest absolute Gasteiger partial charge is 0.291 e. The van der Waals surface area contributed by atoms with Crippen molar-refractivity contribution < 1.29 is 9.59 Å². The molecular weight excluding hydrogens is 116 g/mol. The molecule has 0 N–H and O–H groups in total. The van der Waals surface area contributed by atoms with Crippen molar-refractivity contribution in [2.75, 3.05) is 0 Å². The summed E-state index contributed by atoms with van der Waals surface area (Å²) < 4.78 is 0. The van der Waals surface area contributed by atoms with E-state index in [-0.39, 0.29) is 0 Å². The zero-order valence-corrected chi connectivity index (χ0v) is 5.73. The van der Waals surface area contributed by atoms with E-state index in [4.69, 9.17) is 0 Å². The number of hydrogen-bond donors (Lipinski definition) is 0. The maximum absolute atomic E-state index is 10.1. The first-order valence-corrected chi connectivity index (χ1v) is 2.87. The molecule has 0 aromatic heterocycles. The molecule has 0 amide bonds. The normalized spacial score (nSPS) is 10.9. The zero-order chi connectivity index (χ0) is 7.33. The molecule has 0 saturated carbocycles. The minimum Gasteiger partial charge on any atom is -0.291 e. The van der Waals surface area contributed by atoms with Gasteiger partial charge >= 0.3 is 0 Å². The Morgan fingerprint density at radius 2 is 1.89 bits per heavy atom. The van der Waals surface area contributed by atoms with E-state index in [9.17, 15) is 9.59 Å². The highest BCUT2D eigenvalue weighted by Gasteiger charge is 2.16. The lowest BCUT2D eigenvalue weighted by Crippen LogP contribution is -2.12. The molecule has 0 unspecified atom stereocenters. The molecule has 0 bridgehead atoms. The first kappa shape index (κ1) is 8.34. The van der Waals surface area contributed by atoms with E-state index in [0.29, 0.717) is 12.8 Å². The van der Waals surface area contributed by atoms with Crippen molar-refractivity contribution in [3.05, 3.63) is 0 Å². The molecule has 0 aromatic carbocycles. The smallest absolute Gasteiger partial charge is 0.204 e. The van der Waals surface area contributed by atoms with E-state index in [1.54, 1.807) is 20.1 Å². The molecule has 0 aliphatic carbocycles. The summed E-state index contributed by atoms with van der Waals surface area (Å²) in [6.45, 7) is 3.49. The summed E-state index contributed by atoms with van der Waals surface area (Å²) in [7, 11) is 0. The Bertz CT molecular complexity index is 105. The summed E-state index contributed by atoms with van der Waals surface area (Å²) >= 11 is 0. The Balaban J connectivity index is 3.57. The van der Waals surface area contributed by atoms with E-state index in [2.05, 4.69) is 0 Å². The zero-order valence-electron chi connectivity index (χ0n) is 5.73. The molecule has 2 radical (unpaired) electrons. The fraction of sp³-hybridized carbons (Fsp3) is 0.714. The van der Waals surface area contributed by atoms with Gasteiger partial charge in [0.2, 0.25) is 6.29 Å². The topological polar surface area (TPSA) is 34.1 Å². The van der Waals surface area contributed by atoms with Gasteiger partial charge in [0.25, 0.3) is 0 Å². The second kappa shape index (κ2) is 3.38. The highest BCUT2D eigenvalue weighted by Crippen LogP contribution is 2.17. The van der Waals surface area contributed by atoms with Gasteiger partial charge in [0.15, 0.2) is 6.29 Å². The van der Waals surface area contributed by atoms with Gasteiger partial charge in [-0.3, -0.25) is 9.59 Å². The van der Waals surface area contributed by atoms with Gasteiger partial charge in [-0.15, -0.1) is 0 Å². The third kappa shape index (κ3) is 3.88. The summed E-state index contributed by atoms with van der Waals surface area (Å²) in [5.74, 6) is 0. The lowest BCUT2D eigenvalue weighted by molar-refractivity contribution is 0.426. The molecule has 0 spiro atoms. The number of hydrogen-bond acceptors (Lipinski definition) is 2. The average molecular weight is 126 g/mol. The van der Waals surface area contributed by atoms with E-state index in [1.165, 1.54) is 0 Å². The Morgan fingerprint density at radius 1 is 1.33 bits per heavy atom. The number of rotatable bonds is 4. The number of carbonyl (C=O) groups excluding carboxylic acids is 2. The molecule has 9 heavy (non-hydrogen) atoms. The van der Waals surface area contributed by atoms with Crippen LogP contribution >= 0.6 is 0 Å². The summed E-state index contributed by atoms with van der Waals surface area (Å²) in [6.07, 6.45) is 4.44. The molecule has 2 nitrogen and oxygen atoms in total. The van der Waals surface area contributed by atoms with Gasteiger partial charge in [-0.25, -0.2) is 0 Å². The SMILES string of the molecule is CC(C)([C]=O)CC[C]=O. The maximum atomic E-state index is 10.1. The van der Waals surface area contributed by atoms with Gasteiger partial charge in [-0.2, -0.15) is 0 Å². The van der Waals surface area contributed by atoms with Gasteiger partial charge in [0.1, 0.15) is 0 Å². The fourth-order valence-corrected chi connectivity index (χ4v) is 0.415. The summed E-state index contributed by atoms with van der Waals surface area (Å²) in [5.41, 5.74) is -0.475. The van der Waals surface area contributed by atoms with Crippen LogP contribution in [0.2, 0.25) is 0 Å². The minimum atomic E-state index is -0.475. The molecule has 2 heteroatoms. The van der Waals surface area contributed by atoms with Crippen LogP contribution in [-0.4, -0.2) is 12.6 Å². The van der Waals surface area contributed by atoms with Gasteiger partial charge in [-0.1, -0.05) is 13.8 Å². The van der Waals surface area contributed by atoms with Crippen LogP contribution in [0, 0.1) is 5.41 Å². The monoisotopic (exact) mass is 126 g/mol. The van der Waals surface area contributed by atoms with Crippen LogP contribution < -0.4 is 0 Å². The molecule has 0 atom stereocenters. The van der Waals surface area contributed by atoms with E-state index in [1.807, 2.05) is 6.29 Å². The van der Waals surface area contributed by atoms with Gasteiger partial charge < -0.3 is 0 Å². The van der Waals surface area contributed by atoms with Gasteiger partial charge in [0, 0.05) is 11.8 Å². The predicted molar refractivity (Wildman–Crippen MR) is 34.4 cm³/mol. The molecule has 0 saturated heterocycles. The Kier molecular flexibility index (Phi) is 3.13. The minimum absolute atomic E-state index is 0.322. The van der Waals surface area contributed by atoms with Crippen molar-refractivity contribution in [2.45, 2.75) is 26.7 Å². The predicted octanol–water partition coefficient (Wildman–Crippen LogP) is 1.01. The van der Waals surface area contributed by atoms with Crippen LogP contribution in [0.25, 0.3) is 0 Å². The molecule has 0 fully saturated rings. The first-order chi connectivity index (χ1) is 4.12. The van der Waals surface area contributed by atoms with Crippen molar-refractivity contribution in [1.82, 2.24) is 0 Å². The molecule has 50 valence electrons. The lowest BCUT2D eigenvalue weighted by Gasteiger charge is -2.11. The summed E-state index contributed by atoms with van der Waals surface area (Å²) in [4.78, 5) is 19.8. The quantitative estimate of drug-likeness (QED) is 0.563. The maximum Gasteiger partial charge on any atom is 0.204 e. The molecule has 0 heterocycles. The van der Waals surface area contributed by atoms with Crippen molar-refractivity contribution in [2.24, 2.45) is 5.41 Å². The van der Waals surface area contributed by atoms with Crippen LogP contribution in [0.3, 0.4) is 0 Å². The fourth-order valence-electron chi connectivity index (χ4n) is 0.415. The third-order valence-electron chi connectivity index (χ3n) is 1.13. The highest BCUT2D eigenvalue weighted by molar-refractivity contribution is 5.60. The van der Waals surface area contributed by atoms with Crippen LogP contribution in [0.5, 0.6) is 0 Å². The Morgan fingerprint density at radius 3 is 2.22 bits per heavy atom. The van der Waals surface area contributed by atoms with Crippen LogP contribution in [-0.2, 0) is 9.59 Å². The second-order valence-corrected chi connectivity index (χ2v) is 2.63. The first-order valence-electron chi connectivity index (χ1n) is 2.87. The van der Waals surface area contributed by atoms with E-state index >= 15 is 0 Å². The van der Waals surface area contributed by atoms with E-state index < -0.39 is 5.41 Å². The van der Waals surface area contributed by atoms with Crippen LogP contribution in [0.1, 0.15) is 26.7 Å². The Hall–Kier alpha value is -0.660. The van der Waals surface area contributed by atoms with Crippen molar-refractivity contribution in [1.29, 1.82) is 0 Å². The summed E-state index contributed by atoms with van der Waals surface area (Å²) in [5, 5.41) is 0. The standard InChI is InChI=1S/C7H10O2/c1-7(2,6-9)4-3-5-8/h3-4H2,1-2H3. The van der Waals surface area contributed by atoms with Crippen molar-refractivity contribution in [3.63, 3.8) is 0 Å². The lowest BCUT2D eigenvalue weighted by atomic mass is 9.90. The van der Waals surface area contributed by atoms with Crippen LogP contribution in [0.15, 0.2) is 0 Å². The van der Waals surface area contributed by atoms with Crippen molar-refractivity contribution in [3.8, 4) is 0 Å². The van der Waals surface area contributed by atoms with Gasteiger partial charge in [-0.05, 0) is 6.42 Å². The van der Waals surface area contributed by atoms with Crippen molar-refractivity contribution >= 4 is 12.6 Å². The molecule has 0 aromatic rings. The second-order valence-electron chi connectivity index (χ2n) is 2.63. The Labute approximate surface area is 55.3 Å². The van der Waals surface area contributed by atoms with Crippen LogP contribution in [0.4, 0.5) is 0 Å². The molecular formula is C7H10O2. The van der Waals surface area contributed by atoms with Gasteiger partial charge in [0.05, 0.1) is 0 Å². The summed E-state index contributed by atoms with van der Waals surface area (Å²) in [6, 6.07) is 0. The van der Waals surface area contributed by atoms with E-state index in [0.717, 1.165) is 0 Å². The molecule has 0 aliphatic heterocycles. The molecule has 0 rings (SSSR count). The highest BCUT2D eigenvalue weighted by atomic mass is 16.1.